The third-order valence-corrected chi connectivity index (χ3v) is 2.86. The molecule has 0 aromatic heterocycles. The van der Waals surface area contributed by atoms with Gasteiger partial charge in [-0.2, -0.15) is 0 Å². The van der Waals surface area contributed by atoms with Gasteiger partial charge >= 0.3 is 29.6 Å². The minimum atomic E-state index is -1.65. The van der Waals surface area contributed by atoms with Crippen molar-refractivity contribution in [2.24, 2.45) is 5.73 Å². The van der Waals surface area contributed by atoms with Crippen molar-refractivity contribution in [3.8, 4) is 0 Å². The van der Waals surface area contributed by atoms with Gasteiger partial charge in [0.25, 0.3) is 0 Å². The summed E-state index contributed by atoms with van der Waals surface area (Å²) in [7, 11) is 0. The van der Waals surface area contributed by atoms with E-state index in [-0.39, 0.29) is 29.6 Å². The molecule has 0 spiro atoms. The van der Waals surface area contributed by atoms with E-state index in [2.05, 4.69) is 5.32 Å². The maximum absolute atomic E-state index is 11.1. The second-order valence-corrected chi connectivity index (χ2v) is 4.45. The second-order valence-electron chi connectivity index (χ2n) is 4.45. The maximum atomic E-state index is 11.1. The zero-order valence-corrected chi connectivity index (χ0v) is 13.7. The predicted octanol–water partition coefficient (Wildman–Crippen LogP) is -7.43. The number of carboxylic acids is 1. The van der Waals surface area contributed by atoms with Gasteiger partial charge in [-0.1, -0.05) is 0 Å². The number of nitrogens with one attached hydrogen (secondary N) is 1. The Morgan fingerprint density at radius 1 is 1.52 bits per heavy atom. The van der Waals surface area contributed by atoms with Gasteiger partial charge in [-0.25, -0.2) is 0 Å². The quantitative estimate of drug-likeness (QED) is 0.312. The second kappa shape index (κ2) is 8.69. The smallest absolute Gasteiger partial charge is 0.542 e. The summed E-state index contributed by atoms with van der Waals surface area (Å²) >= 11 is 0. The molecule has 0 radical (unpaired) electrons. The minimum Gasteiger partial charge on any atom is -0.542 e. The summed E-state index contributed by atoms with van der Waals surface area (Å²) in [4.78, 5) is 21.9. The Labute approximate surface area is 143 Å². The van der Waals surface area contributed by atoms with Crippen LogP contribution in [0.4, 0.5) is 0 Å². The number of nitrogens with two attached hydrogens (primary N) is 1. The minimum absolute atomic E-state index is 0. The number of rotatable bonds is 5. The zero-order chi connectivity index (χ0) is 15.4. The summed E-state index contributed by atoms with van der Waals surface area (Å²) in [5.41, 5.74) is 5.71. The van der Waals surface area contributed by atoms with Crippen LogP contribution in [-0.4, -0.2) is 64.2 Å². The van der Waals surface area contributed by atoms with Crippen molar-refractivity contribution in [3.05, 3.63) is 11.8 Å². The van der Waals surface area contributed by atoms with E-state index in [1.165, 1.54) is 6.92 Å². The molecular weight excluding hydrogens is 295 g/mol. The summed E-state index contributed by atoms with van der Waals surface area (Å²) in [5.74, 6) is -2.72. The number of carbonyl (C=O) groups is 2. The molecule has 1 amide bonds. The van der Waals surface area contributed by atoms with Crippen LogP contribution in [0.1, 0.15) is 6.92 Å². The van der Waals surface area contributed by atoms with E-state index in [4.69, 9.17) is 15.6 Å². The Morgan fingerprint density at radius 2 is 2.10 bits per heavy atom. The van der Waals surface area contributed by atoms with E-state index in [1.54, 1.807) is 0 Å². The van der Waals surface area contributed by atoms with E-state index >= 15 is 0 Å². The molecule has 0 saturated heterocycles. The predicted molar refractivity (Wildman–Crippen MR) is 62.6 cm³/mol. The van der Waals surface area contributed by atoms with Gasteiger partial charge in [0, 0.05) is 6.92 Å². The Balaban J connectivity index is 0.00000400. The number of carboxylic acid groups (broad SMARTS) is 1. The fraction of sp³-hybridized carbons (Fsp3) is 0.636. The monoisotopic (exact) mass is 312 g/mol. The molecule has 1 aliphatic rings. The van der Waals surface area contributed by atoms with Gasteiger partial charge in [0.05, 0.1) is 18.7 Å². The van der Waals surface area contributed by atoms with Gasteiger partial charge in [0.15, 0.2) is 0 Å². The number of amides is 1. The molecule has 1 heterocycles. The van der Waals surface area contributed by atoms with Crippen molar-refractivity contribution >= 4 is 11.9 Å². The van der Waals surface area contributed by atoms with Crippen molar-refractivity contribution in [1.29, 1.82) is 0 Å². The zero-order valence-electron chi connectivity index (χ0n) is 11.7. The Kier molecular flexibility index (Phi) is 8.41. The molecule has 114 valence electrons. The molecule has 0 aromatic carbocycles. The van der Waals surface area contributed by atoms with Crippen molar-refractivity contribution in [1.82, 2.24) is 5.32 Å². The normalized spacial score (nSPS) is 27.5. The number of aliphatic hydroxyl groups excluding tert-OH is 3. The molecule has 0 bridgehead atoms. The third-order valence-electron chi connectivity index (χ3n) is 2.86. The average Bonchev–Trinajstić information content (AvgIpc) is 2.38. The molecule has 10 heteroatoms. The van der Waals surface area contributed by atoms with Crippen LogP contribution in [0.5, 0.6) is 0 Å². The molecule has 0 saturated carbocycles. The molecule has 1 rings (SSSR count). The van der Waals surface area contributed by atoms with Gasteiger partial charge in [-0.05, 0) is 6.08 Å². The standard InChI is InChI=1S/C11H18N2O7.Na/c1-4(15)13-8-5(12)2-7(11(18)19)20-10(8)9(17)6(16)3-14;/h2,5-6,8-10,14,16-17H,3,12H2,1H3,(H,13,15)(H,18,19);/q;+1/p-1/t5-,6+,8+,9+,10+;/m0./s1. The topological polar surface area (TPSA) is 165 Å². The third kappa shape index (κ3) is 5.22. The summed E-state index contributed by atoms with van der Waals surface area (Å²) in [5, 5.41) is 41.3. The molecule has 0 aromatic rings. The van der Waals surface area contributed by atoms with E-state index in [0.29, 0.717) is 0 Å². The van der Waals surface area contributed by atoms with Crippen LogP contribution < -0.4 is 45.7 Å². The molecule has 5 atom stereocenters. The molecule has 1 aliphatic heterocycles. The summed E-state index contributed by atoms with van der Waals surface area (Å²) < 4.78 is 5.00. The fourth-order valence-corrected chi connectivity index (χ4v) is 1.89. The van der Waals surface area contributed by atoms with Gasteiger partial charge in [0.2, 0.25) is 5.91 Å². The number of aliphatic hydroxyl groups is 3. The van der Waals surface area contributed by atoms with Crippen molar-refractivity contribution in [2.75, 3.05) is 6.61 Å². The van der Waals surface area contributed by atoms with Gasteiger partial charge in [-0.15, -0.1) is 0 Å². The number of carbonyl (C=O) groups excluding carboxylic acids is 2. The number of ether oxygens (including phenoxy) is 1. The number of aliphatic carboxylic acids is 1. The van der Waals surface area contributed by atoms with Crippen molar-refractivity contribution in [2.45, 2.75) is 37.3 Å². The van der Waals surface area contributed by atoms with E-state index in [1.807, 2.05) is 0 Å². The van der Waals surface area contributed by atoms with Gasteiger partial charge < -0.3 is 41.0 Å². The molecule has 0 aliphatic carbocycles. The molecular formula is C11H17N2NaO7. The first-order valence-corrected chi connectivity index (χ1v) is 5.87. The Hall–Kier alpha value is -0.680. The first-order valence-electron chi connectivity index (χ1n) is 5.87. The summed E-state index contributed by atoms with van der Waals surface area (Å²) in [6, 6.07) is -1.93. The SMILES string of the molecule is CC(=O)N[C@H]1[C@H]([C@H](O)[C@H](O)CO)OC(C(=O)[O-])=C[C@@H]1N.[Na+]. The molecule has 0 unspecified atom stereocenters. The van der Waals surface area contributed by atoms with Crippen LogP contribution in [0.3, 0.4) is 0 Å². The van der Waals surface area contributed by atoms with Crippen LogP contribution in [0, 0.1) is 0 Å². The van der Waals surface area contributed by atoms with E-state index in [0.717, 1.165) is 6.08 Å². The van der Waals surface area contributed by atoms with Crippen LogP contribution >= 0.6 is 0 Å². The number of hydrogen-bond acceptors (Lipinski definition) is 8. The molecule has 0 fully saturated rings. The summed E-state index contributed by atoms with van der Waals surface area (Å²) in [6.07, 6.45) is -3.53. The van der Waals surface area contributed by atoms with Crippen molar-refractivity contribution < 1.29 is 64.3 Å². The number of hydrogen-bond donors (Lipinski definition) is 5. The van der Waals surface area contributed by atoms with E-state index < -0.39 is 54.6 Å². The summed E-state index contributed by atoms with van der Waals surface area (Å²) in [6.45, 7) is 0.435. The largest absolute Gasteiger partial charge is 1.00 e. The van der Waals surface area contributed by atoms with Crippen LogP contribution in [0.2, 0.25) is 0 Å². The van der Waals surface area contributed by atoms with Crippen LogP contribution in [0.25, 0.3) is 0 Å². The maximum Gasteiger partial charge on any atom is 1.00 e. The van der Waals surface area contributed by atoms with Crippen molar-refractivity contribution in [3.63, 3.8) is 0 Å². The molecule has 6 N–H and O–H groups in total. The first kappa shape index (κ1) is 20.3. The Bertz CT molecular complexity index is 417. The van der Waals surface area contributed by atoms with Gasteiger partial charge in [0.1, 0.15) is 30.0 Å². The van der Waals surface area contributed by atoms with Crippen LogP contribution in [-0.2, 0) is 14.3 Å². The fourth-order valence-electron chi connectivity index (χ4n) is 1.89. The molecule has 9 nitrogen and oxygen atoms in total. The van der Waals surface area contributed by atoms with Crippen LogP contribution in [0.15, 0.2) is 11.8 Å². The van der Waals surface area contributed by atoms with E-state index in [9.17, 15) is 24.9 Å². The average molecular weight is 312 g/mol. The van der Waals surface area contributed by atoms with Gasteiger partial charge in [-0.3, -0.25) is 4.79 Å². The first-order chi connectivity index (χ1) is 9.27. The molecule has 21 heavy (non-hydrogen) atoms. The Morgan fingerprint density at radius 3 is 2.52 bits per heavy atom.